The van der Waals surface area contributed by atoms with E-state index in [1.165, 1.54) is 4.68 Å². The molecule has 114 valence electrons. The number of ether oxygens (including phenoxy) is 1. The number of aromatic nitrogens is 2. The van der Waals surface area contributed by atoms with Crippen molar-refractivity contribution in [2.75, 3.05) is 32.0 Å². The van der Waals surface area contributed by atoms with Gasteiger partial charge in [0.05, 0.1) is 18.4 Å². The molecule has 0 aliphatic carbocycles. The molecule has 1 atom stereocenters. The van der Waals surface area contributed by atoms with Crippen LogP contribution in [0.15, 0.2) is 6.07 Å². The number of carbonyl (C=O) groups excluding carboxylic acids is 1. The SMILES string of the molecule is Cc1cc(N)n(CC(=O)N2CCOC(CCN)C2)n1.Cl. The van der Waals surface area contributed by atoms with E-state index in [4.69, 9.17) is 16.2 Å². The number of hydrogen-bond donors (Lipinski definition) is 2. The monoisotopic (exact) mass is 303 g/mol. The molecule has 4 N–H and O–H groups in total. The number of carbonyl (C=O) groups is 1. The third kappa shape index (κ3) is 4.09. The topological polar surface area (TPSA) is 99.4 Å². The Morgan fingerprint density at radius 1 is 1.60 bits per heavy atom. The Hall–Kier alpha value is -1.31. The molecule has 7 nitrogen and oxygen atoms in total. The summed E-state index contributed by atoms with van der Waals surface area (Å²) in [6, 6.07) is 1.75. The Morgan fingerprint density at radius 2 is 2.35 bits per heavy atom. The van der Waals surface area contributed by atoms with Crippen LogP contribution in [0.4, 0.5) is 5.82 Å². The zero-order valence-corrected chi connectivity index (χ0v) is 12.4. The normalized spacial score (nSPS) is 18.7. The van der Waals surface area contributed by atoms with E-state index in [1.54, 1.807) is 11.0 Å². The summed E-state index contributed by atoms with van der Waals surface area (Å²) in [4.78, 5) is 14.0. The van der Waals surface area contributed by atoms with Crippen LogP contribution in [-0.4, -0.2) is 52.9 Å². The van der Waals surface area contributed by atoms with E-state index in [1.807, 2.05) is 6.92 Å². The van der Waals surface area contributed by atoms with Gasteiger partial charge in [0.2, 0.25) is 5.91 Å². The van der Waals surface area contributed by atoms with Crippen LogP contribution < -0.4 is 11.5 Å². The maximum Gasteiger partial charge on any atom is 0.244 e. The number of amides is 1. The highest BCUT2D eigenvalue weighted by atomic mass is 35.5. The van der Waals surface area contributed by atoms with Gasteiger partial charge in [-0.05, 0) is 19.9 Å². The van der Waals surface area contributed by atoms with Gasteiger partial charge in [-0.1, -0.05) is 0 Å². The number of aryl methyl sites for hydroxylation is 1. The second kappa shape index (κ2) is 7.47. The first kappa shape index (κ1) is 16.7. The van der Waals surface area contributed by atoms with Crippen molar-refractivity contribution in [1.82, 2.24) is 14.7 Å². The number of nitrogens with zero attached hydrogens (tertiary/aromatic N) is 3. The third-order valence-electron chi connectivity index (χ3n) is 3.20. The Morgan fingerprint density at radius 3 is 2.95 bits per heavy atom. The van der Waals surface area contributed by atoms with Crippen molar-refractivity contribution in [2.45, 2.75) is 26.0 Å². The highest BCUT2D eigenvalue weighted by Gasteiger charge is 2.24. The predicted molar refractivity (Wildman–Crippen MR) is 78.6 cm³/mol. The van der Waals surface area contributed by atoms with Crippen LogP contribution in [0.5, 0.6) is 0 Å². The average molecular weight is 304 g/mol. The van der Waals surface area contributed by atoms with Crippen LogP contribution in [0.3, 0.4) is 0 Å². The Balaban J connectivity index is 0.00000200. The Kier molecular flexibility index (Phi) is 6.25. The molecular formula is C12H22ClN5O2. The molecule has 1 unspecified atom stereocenters. The minimum atomic E-state index is 0. The van der Waals surface area contributed by atoms with E-state index in [0.717, 1.165) is 12.1 Å². The maximum atomic E-state index is 12.2. The molecule has 20 heavy (non-hydrogen) atoms. The van der Waals surface area contributed by atoms with Crippen LogP contribution in [-0.2, 0) is 16.1 Å². The lowest BCUT2D eigenvalue weighted by Gasteiger charge is -2.32. The predicted octanol–water partition coefficient (Wildman–Crippen LogP) is -0.228. The molecule has 1 aromatic heterocycles. The van der Waals surface area contributed by atoms with Gasteiger partial charge in [0.15, 0.2) is 0 Å². The largest absolute Gasteiger partial charge is 0.384 e. The van der Waals surface area contributed by atoms with E-state index in [-0.39, 0.29) is 31.0 Å². The molecule has 1 aromatic rings. The van der Waals surface area contributed by atoms with Crippen LogP contribution in [0.25, 0.3) is 0 Å². The van der Waals surface area contributed by atoms with Crippen molar-refractivity contribution in [3.8, 4) is 0 Å². The van der Waals surface area contributed by atoms with Gasteiger partial charge in [0.25, 0.3) is 0 Å². The fourth-order valence-electron chi connectivity index (χ4n) is 2.23. The summed E-state index contributed by atoms with van der Waals surface area (Å²) in [5, 5.41) is 4.19. The molecule has 2 heterocycles. The summed E-state index contributed by atoms with van der Waals surface area (Å²) in [5.41, 5.74) is 12.1. The Bertz CT molecular complexity index is 449. The molecule has 8 heteroatoms. The van der Waals surface area contributed by atoms with Gasteiger partial charge in [-0.25, -0.2) is 4.68 Å². The second-order valence-electron chi connectivity index (χ2n) is 4.78. The van der Waals surface area contributed by atoms with Crippen molar-refractivity contribution in [2.24, 2.45) is 5.73 Å². The lowest BCUT2D eigenvalue weighted by molar-refractivity contribution is -0.139. The van der Waals surface area contributed by atoms with Crippen molar-refractivity contribution in [1.29, 1.82) is 0 Å². The van der Waals surface area contributed by atoms with Crippen LogP contribution in [0.2, 0.25) is 0 Å². The molecule has 1 fully saturated rings. The van der Waals surface area contributed by atoms with Crippen LogP contribution in [0.1, 0.15) is 12.1 Å². The fourth-order valence-corrected chi connectivity index (χ4v) is 2.23. The second-order valence-corrected chi connectivity index (χ2v) is 4.78. The lowest BCUT2D eigenvalue weighted by atomic mass is 10.2. The van der Waals surface area contributed by atoms with Gasteiger partial charge in [0.1, 0.15) is 12.4 Å². The third-order valence-corrected chi connectivity index (χ3v) is 3.20. The molecule has 1 saturated heterocycles. The zero-order chi connectivity index (χ0) is 13.8. The molecule has 0 radical (unpaired) electrons. The molecule has 0 bridgehead atoms. The Labute approximate surface area is 124 Å². The van der Waals surface area contributed by atoms with Crippen LogP contribution in [0, 0.1) is 6.92 Å². The summed E-state index contributed by atoms with van der Waals surface area (Å²) in [6.07, 6.45) is 0.812. The van der Waals surface area contributed by atoms with Crippen molar-refractivity contribution in [3.63, 3.8) is 0 Å². The van der Waals surface area contributed by atoms with Gasteiger partial charge < -0.3 is 21.1 Å². The summed E-state index contributed by atoms with van der Waals surface area (Å²) >= 11 is 0. The van der Waals surface area contributed by atoms with Crippen molar-refractivity contribution in [3.05, 3.63) is 11.8 Å². The number of nitrogen functional groups attached to an aromatic ring is 1. The number of rotatable bonds is 4. The molecule has 2 rings (SSSR count). The first-order valence-electron chi connectivity index (χ1n) is 6.49. The summed E-state index contributed by atoms with van der Waals surface area (Å²) in [6.45, 7) is 4.36. The first-order chi connectivity index (χ1) is 9.10. The molecule has 0 aromatic carbocycles. The molecule has 1 aliphatic heterocycles. The average Bonchev–Trinajstić information content (AvgIpc) is 2.68. The van der Waals surface area contributed by atoms with Crippen molar-refractivity contribution < 1.29 is 9.53 Å². The minimum absolute atomic E-state index is 0. The number of nitrogens with two attached hydrogens (primary N) is 2. The highest BCUT2D eigenvalue weighted by Crippen LogP contribution is 2.10. The van der Waals surface area contributed by atoms with Gasteiger partial charge in [-0.2, -0.15) is 5.10 Å². The maximum absolute atomic E-state index is 12.2. The summed E-state index contributed by atoms with van der Waals surface area (Å²) in [5.74, 6) is 0.526. The quantitative estimate of drug-likeness (QED) is 0.800. The molecule has 0 saturated carbocycles. The van der Waals surface area contributed by atoms with Gasteiger partial charge in [-0.15, -0.1) is 12.4 Å². The summed E-state index contributed by atoms with van der Waals surface area (Å²) in [7, 11) is 0. The zero-order valence-electron chi connectivity index (χ0n) is 11.6. The van der Waals surface area contributed by atoms with Crippen LogP contribution >= 0.6 is 12.4 Å². The fraction of sp³-hybridized carbons (Fsp3) is 0.667. The van der Waals surface area contributed by atoms with E-state index < -0.39 is 0 Å². The minimum Gasteiger partial charge on any atom is -0.384 e. The van der Waals surface area contributed by atoms with Gasteiger partial charge >= 0.3 is 0 Å². The van der Waals surface area contributed by atoms with E-state index in [0.29, 0.717) is 32.1 Å². The molecule has 0 spiro atoms. The van der Waals surface area contributed by atoms with E-state index in [2.05, 4.69) is 5.10 Å². The van der Waals surface area contributed by atoms with E-state index >= 15 is 0 Å². The highest BCUT2D eigenvalue weighted by molar-refractivity contribution is 5.85. The molecule has 1 aliphatic rings. The molecular weight excluding hydrogens is 282 g/mol. The van der Waals surface area contributed by atoms with Gasteiger partial charge in [-0.3, -0.25) is 4.79 Å². The van der Waals surface area contributed by atoms with Gasteiger partial charge in [0, 0.05) is 19.2 Å². The smallest absolute Gasteiger partial charge is 0.244 e. The van der Waals surface area contributed by atoms with Crippen molar-refractivity contribution >= 4 is 24.1 Å². The number of halogens is 1. The standard InChI is InChI=1S/C12H21N5O2.ClH/c1-9-6-11(14)17(15-9)8-12(18)16-4-5-19-10(7-16)2-3-13;/h6,10H,2-5,7-8,13-14H2,1H3;1H. The number of hydrogen-bond acceptors (Lipinski definition) is 5. The van der Waals surface area contributed by atoms with E-state index in [9.17, 15) is 4.79 Å². The lowest BCUT2D eigenvalue weighted by Crippen LogP contribution is -2.47. The summed E-state index contributed by atoms with van der Waals surface area (Å²) < 4.78 is 7.09. The number of morpholine rings is 1. The molecule has 1 amide bonds. The first-order valence-corrected chi connectivity index (χ1v) is 6.49. The number of anilines is 1.